The summed E-state index contributed by atoms with van der Waals surface area (Å²) >= 11 is 0. The maximum Gasteiger partial charge on any atom is 0.325 e. The lowest BCUT2D eigenvalue weighted by Gasteiger charge is -2.07. The van der Waals surface area contributed by atoms with Crippen LogP contribution in [0.2, 0.25) is 0 Å². The fraction of sp³-hybridized carbons (Fsp3) is 0.190. The molecule has 7 nitrogen and oxygen atoms in total. The third-order valence-electron chi connectivity index (χ3n) is 4.22. The molecule has 1 amide bonds. The van der Waals surface area contributed by atoms with Gasteiger partial charge in [-0.15, -0.1) is 0 Å². The average Bonchev–Trinajstić information content (AvgIpc) is 3.11. The van der Waals surface area contributed by atoms with Crippen molar-refractivity contribution in [3.05, 3.63) is 71.2 Å². The van der Waals surface area contributed by atoms with E-state index in [9.17, 15) is 14.0 Å². The van der Waals surface area contributed by atoms with Gasteiger partial charge in [0.2, 0.25) is 0 Å². The number of nitrogens with zero attached hydrogens (tertiary/aromatic N) is 1. The summed E-state index contributed by atoms with van der Waals surface area (Å²) in [6, 6.07) is 12.4. The molecular formula is C21H19FN2O5. The molecule has 2 aromatic carbocycles. The molecule has 8 heteroatoms. The zero-order chi connectivity index (χ0) is 20.8. The largest absolute Gasteiger partial charge is 0.497 e. The van der Waals surface area contributed by atoms with Gasteiger partial charge >= 0.3 is 5.97 Å². The Morgan fingerprint density at radius 1 is 1.17 bits per heavy atom. The van der Waals surface area contributed by atoms with E-state index < -0.39 is 11.9 Å². The third-order valence-corrected chi connectivity index (χ3v) is 4.22. The van der Waals surface area contributed by atoms with E-state index in [1.807, 2.05) is 0 Å². The molecule has 3 aromatic rings. The van der Waals surface area contributed by atoms with E-state index in [0.717, 1.165) is 0 Å². The molecular weight excluding hydrogens is 379 g/mol. The van der Waals surface area contributed by atoms with Crippen molar-refractivity contribution in [1.82, 2.24) is 10.5 Å². The van der Waals surface area contributed by atoms with Gasteiger partial charge in [0, 0.05) is 16.7 Å². The van der Waals surface area contributed by atoms with E-state index >= 15 is 0 Å². The number of hydrogen-bond donors (Lipinski definition) is 1. The van der Waals surface area contributed by atoms with Crippen molar-refractivity contribution in [2.75, 3.05) is 13.7 Å². The van der Waals surface area contributed by atoms with E-state index in [0.29, 0.717) is 33.9 Å². The number of ether oxygens (including phenoxy) is 2. The highest BCUT2D eigenvalue weighted by atomic mass is 19.1. The van der Waals surface area contributed by atoms with Crippen LogP contribution in [0.3, 0.4) is 0 Å². The molecule has 3 rings (SSSR count). The summed E-state index contributed by atoms with van der Waals surface area (Å²) in [7, 11) is 1.50. The highest BCUT2D eigenvalue weighted by Crippen LogP contribution is 2.26. The Bertz CT molecular complexity index is 1010. The summed E-state index contributed by atoms with van der Waals surface area (Å²) in [6.45, 7) is 1.37. The summed E-state index contributed by atoms with van der Waals surface area (Å²) in [5, 5.41) is 6.39. The lowest BCUT2D eigenvalue weighted by molar-refractivity contribution is -0.143. The molecule has 0 saturated heterocycles. The number of nitrogens with one attached hydrogen (secondary N) is 1. The Morgan fingerprint density at radius 2 is 1.93 bits per heavy atom. The Balaban J connectivity index is 1.53. The Morgan fingerprint density at radius 3 is 2.66 bits per heavy atom. The molecule has 0 unspecified atom stereocenters. The standard InChI is InChI=1S/C21H19FN2O5/c1-13-18(24-29-20(13)14-6-8-16(22)9-7-14)12-28-19(25)11-23-21(26)15-4-3-5-17(10-15)27-2/h3-10H,11-12H2,1-2H3,(H,23,26). The van der Waals surface area contributed by atoms with E-state index in [2.05, 4.69) is 10.5 Å². The normalized spacial score (nSPS) is 10.4. The van der Waals surface area contributed by atoms with Crippen LogP contribution >= 0.6 is 0 Å². The van der Waals surface area contributed by atoms with Crippen LogP contribution in [0.5, 0.6) is 5.75 Å². The fourth-order valence-corrected chi connectivity index (χ4v) is 2.59. The number of methoxy groups -OCH3 is 1. The van der Waals surface area contributed by atoms with Crippen molar-refractivity contribution in [3.63, 3.8) is 0 Å². The maximum atomic E-state index is 13.1. The van der Waals surface area contributed by atoms with Gasteiger partial charge in [-0.3, -0.25) is 9.59 Å². The topological polar surface area (TPSA) is 90.7 Å². The molecule has 0 atom stereocenters. The van der Waals surface area contributed by atoms with Crippen LogP contribution in [0.25, 0.3) is 11.3 Å². The van der Waals surface area contributed by atoms with Gasteiger partial charge in [0.15, 0.2) is 5.76 Å². The molecule has 0 spiro atoms. The number of carbonyl (C=O) groups excluding carboxylic acids is 2. The number of amides is 1. The second kappa shape index (κ2) is 9.01. The van der Waals surface area contributed by atoms with Crippen LogP contribution in [-0.4, -0.2) is 30.7 Å². The number of carbonyl (C=O) groups is 2. The first kappa shape index (κ1) is 20.1. The SMILES string of the molecule is COc1cccc(C(=O)NCC(=O)OCc2noc(-c3ccc(F)cc3)c2C)c1. The van der Waals surface area contributed by atoms with Crippen LogP contribution in [0.15, 0.2) is 53.1 Å². The molecule has 1 aromatic heterocycles. The van der Waals surface area contributed by atoms with Crippen molar-refractivity contribution in [1.29, 1.82) is 0 Å². The number of halogens is 1. The van der Waals surface area contributed by atoms with Gasteiger partial charge in [0.1, 0.15) is 30.4 Å². The predicted octanol–water partition coefficient (Wildman–Crippen LogP) is 3.27. The van der Waals surface area contributed by atoms with Gasteiger partial charge in [-0.25, -0.2) is 4.39 Å². The van der Waals surface area contributed by atoms with Gasteiger partial charge in [-0.05, 0) is 49.4 Å². The third kappa shape index (κ3) is 4.98. The minimum atomic E-state index is -0.619. The second-order valence-corrected chi connectivity index (χ2v) is 6.17. The average molecular weight is 398 g/mol. The molecule has 0 aliphatic rings. The minimum Gasteiger partial charge on any atom is -0.497 e. The predicted molar refractivity (Wildman–Crippen MR) is 102 cm³/mol. The van der Waals surface area contributed by atoms with Crippen LogP contribution in [0.1, 0.15) is 21.6 Å². The highest BCUT2D eigenvalue weighted by molar-refractivity contribution is 5.96. The monoisotopic (exact) mass is 398 g/mol. The lowest BCUT2D eigenvalue weighted by Crippen LogP contribution is -2.30. The number of aromatic nitrogens is 1. The molecule has 150 valence electrons. The smallest absolute Gasteiger partial charge is 0.325 e. The lowest BCUT2D eigenvalue weighted by atomic mass is 10.1. The van der Waals surface area contributed by atoms with Gasteiger partial charge in [0.05, 0.1) is 7.11 Å². The zero-order valence-electron chi connectivity index (χ0n) is 15.9. The maximum absolute atomic E-state index is 13.1. The fourth-order valence-electron chi connectivity index (χ4n) is 2.59. The second-order valence-electron chi connectivity index (χ2n) is 6.17. The molecule has 0 bridgehead atoms. The highest BCUT2D eigenvalue weighted by Gasteiger charge is 2.16. The van der Waals surface area contributed by atoms with Crippen LogP contribution < -0.4 is 10.1 Å². The van der Waals surface area contributed by atoms with Crippen LogP contribution in [0.4, 0.5) is 4.39 Å². The molecule has 0 aliphatic carbocycles. The number of benzene rings is 2. The number of rotatable bonds is 7. The molecule has 0 fully saturated rings. The summed E-state index contributed by atoms with van der Waals surface area (Å²) < 4.78 is 28.6. The molecule has 29 heavy (non-hydrogen) atoms. The van der Waals surface area contributed by atoms with Gasteiger partial charge < -0.3 is 19.3 Å². The van der Waals surface area contributed by atoms with E-state index in [1.54, 1.807) is 43.3 Å². The number of esters is 1. The van der Waals surface area contributed by atoms with Crippen molar-refractivity contribution in [3.8, 4) is 17.1 Å². The van der Waals surface area contributed by atoms with Gasteiger partial charge in [-0.1, -0.05) is 11.2 Å². The Kier molecular flexibility index (Phi) is 6.23. The summed E-state index contributed by atoms with van der Waals surface area (Å²) in [4.78, 5) is 24.0. The van der Waals surface area contributed by atoms with Crippen LogP contribution in [0, 0.1) is 12.7 Å². The van der Waals surface area contributed by atoms with E-state index in [1.165, 1.54) is 19.2 Å². The first-order valence-corrected chi connectivity index (χ1v) is 8.77. The first-order valence-electron chi connectivity index (χ1n) is 8.77. The Labute approximate surface area is 166 Å². The molecule has 0 radical (unpaired) electrons. The minimum absolute atomic E-state index is 0.107. The van der Waals surface area contributed by atoms with Crippen molar-refractivity contribution in [2.24, 2.45) is 0 Å². The zero-order valence-corrected chi connectivity index (χ0v) is 15.9. The van der Waals surface area contributed by atoms with Crippen molar-refractivity contribution >= 4 is 11.9 Å². The van der Waals surface area contributed by atoms with Gasteiger partial charge in [-0.2, -0.15) is 0 Å². The molecule has 0 saturated carbocycles. The van der Waals surface area contributed by atoms with E-state index in [-0.39, 0.29) is 19.0 Å². The molecule has 0 aliphatic heterocycles. The Hall–Kier alpha value is -3.68. The molecule has 1 N–H and O–H groups in total. The van der Waals surface area contributed by atoms with Gasteiger partial charge in [0.25, 0.3) is 5.91 Å². The quantitative estimate of drug-likeness (QED) is 0.615. The van der Waals surface area contributed by atoms with Crippen molar-refractivity contribution in [2.45, 2.75) is 13.5 Å². The molecule has 1 heterocycles. The number of hydrogen-bond acceptors (Lipinski definition) is 6. The first-order chi connectivity index (χ1) is 14.0. The summed E-state index contributed by atoms with van der Waals surface area (Å²) in [5.41, 5.74) is 2.16. The van der Waals surface area contributed by atoms with Crippen molar-refractivity contribution < 1.29 is 28.0 Å². The summed E-state index contributed by atoms with van der Waals surface area (Å²) in [5.74, 6) is -0.374. The van der Waals surface area contributed by atoms with Crippen LogP contribution in [-0.2, 0) is 16.1 Å². The summed E-state index contributed by atoms with van der Waals surface area (Å²) in [6.07, 6.45) is 0. The van der Waals surface area contributed by atoms with E-state index in [4.69, 9.17) is 14.0 Å².